The Kier molecular flexibility index (Phi) is 5.55. The van der Waals surface area contributed by atoms with Crippen LogP contribution >= 0.6 is 0 Å². The van der Waals surface area contributed by atoms with Gasteiger partial charge in [0.2, 0.25) is 0 Å². The number of rotatable bonds is 6. The van der Waals surface area contributed by atoms with Crippen molar-refractivity contribution >= 4 is 0 Å². The maximum atomic E-state index is 12.4. The van der Waals surface area contributed by atoms with Gasteiger partial charge >= 0.3 is 6.18 Å². The highest BCUT2D eigenvalue weighted by atomic mass is 19.4. The number of aryl methyl sites for hydroxylation is 1. The van der Waals surface area contributed by atoms with Gasteiger partial charge < -0.3 is 5.32 Å². The van der Waals surface area contributed by atoms with Crippen LogP contribution in [0.15, 0.2) is 18.3 Å². The lowest BCUT2D eigenvalue weighted by Gasteiger charge is -2.23. The Hall–Kier alpha value is -1.14. The molecule has 102 valence electrons. The summed E-state index contributed by atoms with van der Waals surface area (Å²) in [5.74, 6) is 0. The number of hydrogen-bond donors (Lipinski definition) is 1. The van der Waals surface area contributed by atoms with Gasteiger partial charge in [-0.05, 0) is 25.6 Å². The molecule has 6 heteroatoms. The van der Waals surface area contributed by atoms with Crippen LogP contribution < -0.4 is 5.32 Å². The molecule has 0 aliphatic rings. The van der Waals surface area contributed by atoms with E-state index in [1.54, 1.807) is 19.3 Å². The standard InChI is InChI=1S/C12H18F3N3/c1-10-3-4-11(7-17-10)8-18(6-5-16-2)9-12(13,14)15/h3-4,7,16H,5-6,8-9H2,1-2H3. The summed E-state index contributed by atoms with van der Waals surface area (Å²) >= 11 is 0. The summed E-state index contributed by atoms with van der Waals surface area (Å²) in [4.78, 5) is 5.45. The van der Waals surface area contributed by atoms with Gasteiger partial charge in [-0.2, -0.15) is 13.2 Å². The molecule has 1 aromatic heterocycles. The second kappa shape index (κ2) is 6.70. The van der Waals surface area contributed by atoms with E-state index in [4.69, 9.17) is 0 Å². The largest absolute Gasteiger partial charge is 0.401 e. The molecule has 1 aromatic rings. The van der Waals surface area contributed by atoms with Gasteiger partial charge in [0.25, 0.3) is 0 Å². The van der Waals surface area contributed by atoms with Gasteiger partial charge in [0.05, 0.1) is 6.54 Å². The van der Waals surface area contributed by atoms with Crippen molar-refractivity contribution in [1.82, 2.24) is 15.2 Å². The first-order valence-corrected chi connectivity index (χ1v) is 5.76. The minimum absolute atomic E-state index is 0.258. The van der Waals surface area contributed by atoms with Crippen LogP contribution in [0.25, 0.3) is 0 Å². The van der Waals surface area contributed by atoms with E-state index >= 15 is 0 Å². The molecule has 18 heavy (non-hydrogen) atoms. The lowest BCUT2D eigenvalue weighted by atomic mass is 10.2. The highest BCUT2D eigenvalue weighted by Crippen LogP contribution is 2.17. The van der Waals surface area contributed by atoms with Crippen LogP contribution in [0.3, 0.4) is 0 Å². The molecule has 0 fully saturated rings. The monoisotopic (exact) mass is 261 g/mol. The number of likely N-dealkylation sites (N-methyl/N-ethyl adjacent to an activating group) is 1. The molecule has 0 aliphatic heterocycles. The zero-order valence-electron chi connectivity index (χ0n) is 10.6. The van der Waals surface area contributed by atoms with Crippen molar-refractivity contribution in [1.29, 1.82) is 0 Å². The second-order valence-corrected chi connectivity index (χ2v) is 4.24. The van der Waals surface area contributed by atoms with Crippen LogP contribution in [-0.4, -0.2) is 42.7 Å². The first-order chi connectivity index (χ1) is 8.40. The third-order valence-electron chi connectivity index (χ3n) is 2.46. The Morgan fingerprint density at radius 3 is 2.56 bits per heavy atom. The fraction of sp³-hybridized carbons (Fsp3) is 0.583. The molecule has 0 atom stereocenters. The molecule has 1 N–H and O–H groups in total. The van der Waals surface area contributed by atoms with E-state index < -0.39 is 12.7 Å². The zero-order valence-corrected chi connectivity index (χ0v) is 10.6. The number of halogens is 3. The number of nitrogens with zero attached hydrogens (tertiary/aromatic N) is 2. The smallest absolute Gasteiger partial charge is 0.318 e. The highest BCUT2D eigenvalue weighted by molar-refractivity contribution is 5.12. The molecule has 0 spiro atoms. The van der Waals surface area contributed by atoms with Gasteiger partial charge in [0.15, 0.2) is 0 Å². The van der Waals surface area contributed by atoms with Crippen LogP contribution in [0, 0.1) is 6.92 Å². The van der Waals surface area contributed by atoms with Gasteiger partial charge in [0.1, 0.15) is 0 Å². The van der Waals surface area contributed by atoms with Crippen LogP contribution in [-0.2, 0) is 6.54 Å². The van der Waals surface area contributed by atoms with Crippen LogP contribution in [0.4, 0.5) is 13.2 Å². The van der Waals surface area contributed by atoms with Crippen molar-refractivity contribution in [2.75, 3.05) is 26.7 Å². The summed E-state index contributed by atoms with van der Waals surface area (Å²) in [6.45, 7) is 2.08. The van der Waals surface area contributed by atoms with E-state index in [1.165, 1.54) is 4.90 Å². The average Bonchev–Trinajstić information content (AvgIpc) is 2.27. The molecule has 0 amide bonds. The van der Waals surface area contributed by atoms with E-state index in [2.05, 4.69) is 10.3 Å². The van der Waals surface area contributed by atoms with Gasteiger partial charge in [0, 0.05) is 31.5 Å². The maximum Gasteiger partial charge on any atom is 0.401 e. The van der Waals surface area contributed by atoms with Crippen molar-refractivity contribution in [3.05, 3.63) is 29.6 Å². The van der Waals surface area contributed by atoms with E-state index in [0.29, 0.717) is 13.1 Å². The molecule has 0 aromatic carbocycles. The third kappa shape index (κ3) is 5.97. The van der Waals surface area contributed by atoms with Crippen molar-refractivity contribution in [2.24, 2.45) is 0 Å². The molecule has 1 rings (SSSR count). The van der Waals surface area contributed by atoms with E-state index in [9.17, 15) is 13.2 Å². The van der Waals surface area contributed by atoms with Crippen LogP contribution in [0.5, 0.6) is 0 Å². The molecule has 0 bridgehead atoms. The van der Waals surface area contributed by atoms with Gasteiger partial charge in [-0.25, -0.2) is 0 Å². The summed E-state index contributed by atoms with van der Waals surface area (Å²) in [5.41, 5.74) is 1.65. The molecule has 3 nitrogen and oxygen atoms in total. The number of pyridine rings is 1. The lowest BCUT2D eigenvalue weighted by Crippen LogP contribution is -2.37. The van der Waals surface area contributed by atoms with Gasteiger partial charge in [-0.15, -0.1) is 0 Å². The molecule has 0 saturated carbocycles. The zero-order chi connectivity index (χ0) is 13.6. The molecular weight excluding hydrogens is 243 g/mol. The number of alkyl halides is 3. The summed E-state index contributed by atoms with van der Waals surface area (Å²) in [6.07, 6.45) is -2.55. The number of aromatic nitrogens is 1. The Morgan fingerprint density at radius 2 is 2.06 bits per heavy atom. The fourth-order valence-electron chi connectivity index (χ4n) is 1.59. The number of hydrogen-bond acceptors (Lipinski definition) is 3. The van der Waals surface area contributed by atoms with E-state index in [-0.39, 0.29) is 6.54 Å². The van der Waals surface area contributed by atoms with Crippen molar-refractivity contribution < 1.29 is 13.2 Å². The first-order valence-electron chi connectivity index (χ1n) is 5.76. The van der Waals surface area contributed by atoms with Crippen LogP contribution in [0.2, 0.25) is 0 Å². The summed E-state index contributed by atoms with van der Waals surface area (Å²) in [7, 11) is 1.72. The van der Waals surface area contributed by atoms with Gasteiger partial charge in [-0.3, -0.25) is 9.88 Å². The van der Waals surface area contributed by atoms with Gasteiger partial charge in [-0.1, -0.05) is 6.07 Å². The Balaban J connectivity index is 2.62. The van der Waals surface area contributed by atoms with E-state index in [0.717, 1.165) is 11.3 Å². The quantitative estimate of drug-likeness (QED) is 0.848. The average molecular weight is 261 g/mol. The molecule has 0 aliphatic carbocycles. The van der Waals surface area contributed by atoms with E-state index in [1.807, 2.05) is 13.0 Å². The normalized spacial score (nSPS) is 12.1. The second-order valence-electron chi connectivity index (χ2n) is 4.24. The summed E-state index contributed by atoms with van der Waals surface area (Å²) in [5, 5.41) is 2.85. The lowest BCUT2D eigenvalue weighted by molar-refractivity contribution is -0.146. The summed E-state index contributed by atoms with van der Waals surface area (Å²) in [6, 6.07) is 3.62. The predicted octanol–water partition coefficient (Wildman–Crippen LogP) is 1.97. The molecule has 0 radical (unpaired) electrons. The molecule has 0 unspecified atom stereocenters. The minimum Gasteiger partial charge on any atom is -0.318 e. The Bertz CT molecular complexity index is 349. The van der Waals surface area contributed by atoms with Crippen LogP contribution in [0.1, 0.15) is 11.3 Å². The Labute approximate surface area is 105 Å². The Morgan fingerprint density at radius 1 is 1.33 bits per heavy atom. The predicted molar refractivity (Wildman–Crippen MR) is 64.2 cm³/mol. The molecular formula is C12H18F3N3. The SMILES string of the molecule is CNCCN(Cc1ccc(C)nc1)CC(F)(F)F. The van der Waals surface area contributed by atoms with Crippen molar-refractivity contribution in [3.8, 4) is 0 Å². The highest BCUT2D eigenvalue weighted by Gasteiger charge is 2.30. The molecule has 0 saturated heterocycles. The van der Waals surface area contributed by atoms with Crippen molar-refractivity contribution in [2.45, 2.75) is 19.6 Å². The fourth-order valence-corrected chi connectivity index (χ4v) is 1.59. The first kappa shape index (κ1) is 14.9. The molecule has 1 heterocycles. The number of nitrogens with one attached hydrogen (secondary N) is 1. The van der Waals surface area contributed by atoms with Crippen molar-refractivity contribution in [3.63, 3.8) is 0 Å². The minimum atomic E-state index is -4.17. The maximum absolute atomic E-state index is 12.4. The summed E-state index contributed by atoms with van der Waals surface area (Å²) < 4.78 is 37.3. The third-order valence-corrected chi connectivity index (χ3v) is 2.46. The topological polar surface area (TPSA) is 28.2 Å².